The van der Waals surface area contributed by atoms with Gasteiger partial charge in [-0.05, 0) is 58.3 Å². The van der Waals surface area contributed by atoms with Crippen LogP contribution in [0.5, 0.6) is 0 Å². The molecule has 2 heterocycles. The van der Waals surface area contributed by atoms with E-state index in [9.17, 15) is 4.79 Å². The molecule has 1 saturated heterocycles. The third-order valence-electron chi connectivity index (χ3n) is 4.12. The van der Waals surface area contributed by atoms with Gasteiger partial charge in [-0.2, -0.15) is 4.98 Å². The van der Waals surface area contributed by atoms with Crippen molar-refractivity contribution >= 4 is 5.82 Å². The van der Waals surface area contributed by atoms with Gasteiger partial charge in [0.1, 0.15) is 5.82 Å². The van der Waals surface area contributed by atoms with Crippen molar-refractivity contribution in [3.63, 3.8) is 0 Å². The third-order valence-corrected chi connectivity index (χ3v) is 4.12. The SMILES string of the molecule is CC(CCCCN1CCCCC1)n1ccc(N)nc1=O. The van der Waals surface area contributed by atoms with Crippen LogP contribution in [0.25, 0.3) is 0 Å². The van der Waals surface area contributed by atoms with Gasteiger partial charge in [-0.3, -0.25) is 4.57 Å². The average molecular weight is 278 g/mol. The molecule has 0 amide bonds. The van der Waals surface area contributed by atoms with Gasteiger partial charge in [0.25, 0.3) is 0 Å². The zero-order valence-electron chi connectivity index (χ0n) is 12.4. The van der Waals surface area contributed by atoms with E-state index in [1.807, 2.05) is 0 Å². The van der Waals surface area contributed by atoms with E-state index >= 15 is 0 Å². The Hall–Kier alpha value is -1.36. The van der Waals surface area contributed by atoms with Crippen molar-refractivity contribution in [1.82, 2.24) is 14.5 Å². The molecule has 0 saturated carbocycles. The highest BCUT2D eigenvalue weighted by atomic mass is 16.1. The summed E-state index contributed by atoms with van der Waals surface area (Å²) in [6.45, 7) is 5.79. The second-order valence-corrected chi connectivity index (χ2v) is 5.79. The Balaban J connectivity index is 1.71. The Morgan fingerprint density at radius 1 is 1.30 bits per heavy atom. The maximum Gasteiger partial charge on any atom is 0.349 e. The second kappa shape index (κ2) is 7.43. The summed E-state index contributed by atoms with van der Waals surface area (Å²) in [6.07, 6.45) is 9.21. The Morgan fingerprint density at radius 2 is 2.05 bits per heavy atom. The van der Waals surface area contributed by atoms with Crippen LogP contribution in [0.3, 0.4) is 0 Å². The van der Waals surface area contributed by atoms with Crippen LogP contribution in [0.4, 0.5) is 5.82 Å². The zero-order chi connectivity index (χ0) is 14.4. The summed E-state index contributed by atoms with van der Waals surface area (Å²) in [5, 5.41) is 0. The lowest BCUT2D eigenvalue weighted by Gasteiger charge is -2.26. The summed E-state index contributed by atoms with van der Waals surface area (Å²) in [7, 11) is 0. The lowest BCUT2D eigenvalue weighted by molar-refractivity contribution is 0.223. The van der Waals surface area contributed by atoms with Gasteiger partial charge in [0.2, 0.25) is 0 Å². The van der Waals surface area contributed by atoms with Crippen LogP contribution < -0.4 is 11.4 Å². The first-order valence-electron chi connectivity index (χ1n) is 7.74. The number of hydrogen-bond acceptors (Lipinski definition) is 4. The van der Waals surface area contributed by atoms with Gasteiger partial charge < -0.3 is 10.6 Å². The molecule has 0 bridgehead atoms. The Kier molecular flexibility index (Phi) is 5.59. The van der Waals surface area contributed by atoms with E-state index in [1.54, 1.807) is 16.8 Å². The smallest absolute Gasteiger partial charge is 0.349 e. The lowest BCUT2D eigenvalue weighted by atomic mass is 10.1. The number of nitrogen functional groups attached to an aromatic ring is 1. The Labute approximate surface area is 120 Å². The van der Waals surface area contributed by atoms with Crippen LogP contribution >= 0.6 is 0 Å². The topological polar surface area (TPSA) is 64.2 Å². The minimum absolute atomic E-state index is 0.192. The summed E-state index contributed by atoms with van der Waals surface area (Å²) < 4.78 is 1.68. The molecule has 0 radical (unpaired) electrons. The molecule has 1 aliphatic heterocycles. The van der Waals surface area contributed by atoms with Gasteiger partial charge in [-0.25, -0.2) is 4.79 Å². The van der Waals surface area contributed by atoms with Gasteiger partial charge in [-0.1, -0.05) is 12.8 Å². The number of likely N-dealkylation sites (tertiary alicyclic amines) is 1. The molecular formula is C15H26N4O. The van der Waals surface area contributed by atoms with Crippen molar-refractivity contribution in [2.24, 2.45) is 0 Å². The summed E-state index contributed by atoms with van der Waals surface area (Å²) in [4.78, 5) is 18.1. The largest absolute Gasteiger partial charge is 0.383 e. The molecule has 0 aliphatic carbocycles. The minimum Gasteiger partial charge on any atom is -0.383 e. The number of hydrogen-bond donors (Lipinski definition) is 1. The molecule has 1 atom stereocenters. The molecule has 5 nitrogen and oxygen atoms in total. The van der Waals surface area contributed by atoms with Crippen LogP contribution in [0, 0.1) is 0 Å². The molecule has 1 aromatic heterocycles. The standard InChI is InChI=1S/C15H26N4O/c1-13(19-12-8-14(16)17-15(19)20)7-3-6-11-18-9-4-2-5-10-18/h8,12-13H,2-7,9-11H2,1H3,(H2,16,17,20). The van der Waals surface area contributed by atoms with Crippen molar-refractivity contribution in [2.45, 2.75) is 51.5 Å². The average Bonchev–Trinajstić information content (AvgIpc) is 2.44. The molecular weight excluding hydrogens is 252 g/mol. The molecule has 5 heteroatoms. The van der Waals surface area contributed by atoms with Crippen LogP contribution in [-0.2, 0) is 0 Å². The van der Waals surface area contributed by atoms with Crippen LogP contribution in [0.1, 0.15) is 51.5 Å². The highest BCUT2D eigenvalue weighted by Gasteiger charge is 2.10. The molecule has 1 fully saturated rings. The molecule has 112 valence electrons. The van der Waals surface area contributed by atoms with Crippen molar-refractivity contribution in [1.29, 1.82) is 0 Å². The number of nitrogens with two attached hydrogens (primary N) is 1. The predicted molar refractivity (Wildman–Crippen MR) is 81.8 cm³/mol. The van der Waals surface area contributed by atoms with E-state index in [-0.39, 0.29) is 11.7 Å². The fourth-order valence-electron chi connectivity index (χ4n) is 2.86. The molecule has 20 heavy (non-hydrogen) atoms. The molecule has 0 aromatic carbocycles. The number of piperidine rings is 1. The van der Waals surface area contributed by atoms with E-state index in [4.69, 9.17) is 5.73 Å². The zero-order valence-corrected chi connectivity index (χ0v) is 12.4. The molecule has 1 aliphatic rings. The maximum atomic E-state index is 11.7. The van der Waals surface area contributed by atoms with E-state index in [2.05, 4.69) is 16.8 Å². The number of nitrogens with zero attached hydrogens (tertiary/aromatic N) is 3. The van der Waals surface area contributed by atoms with E-state index in [0.29, 0.717) is 5.82 Å². The van der Waals surface area contributed by atoms with E-state index in [0.717, 1.165) is 12.8 Å². The quantitative estimate of drug-likeness (QED) is 0.809. The monoisotopic (exact) mass is 278 g/mol. The first-order chi connectivity index (χ1) is 9.66. The van der Waals surface area contributed by atoms with Gasteiger partial charge in [-0.15, -0.1) is 0 Å². The minimum atomic E-state index is -0.242. The van der Waals surface area contributed by atoms with Crippen molar-refractivity contribution in [3.8, 4) is 0 Å². The number of rotatable bonds is 6. The molecule has 2 rings (SSSR count). The molecule has 0 spiro atoms. The van der Waals surface area contributed by atoms with Gasteiger partial charge in [0, 0.05) is 12.2 Å². The van der Waals surface area contributed by atoms with E-state index < -0.39 is 0 Å². The number of unbranched alkanes of at least 4 members (excludes halogenated alkanes) is 1. The first-order valence-corrected chi connectivity index (χ1v) is 7.74. The normalized spacial score (nSPS) is 18.1. The van der Waals surface area contributed by atoms with Gasteiger partial charge in [0.15, 0.2) is 0 Å². The Bertz CT molecular complexity index is 465. The first kappa shape index (κ1) is 15.0. The second-order valence-electron chi connectivity index (χ2n) is 5.79. The predicted octanol–water partition coefficient (Wildman–Crippen LogP) is 2.04. The van der Waals surface area contributed by atoms with Crippen molar-refractivity contribution in [3.05, 3.63) is 22.7 Å². The Morgan fingerprint density at radius 3 is 2.75 bits per heavy atom. The van der Waals surface area contributed by atoms with Crippen molar-refractivity contribution in [2.75, 3.05) is 25.4 Å². The van der Waals surface area contributed by atoms with Crippen molar-refractivity contribution < 1.29 is 0 Å². The number of aromatic nitrogens is 2. The van der Waals surface area contributed by atoms with Crippen LogP contribution in [0.15, 0.2) is 17.1 Å². The summed E-state index contributed by atoms with van der Waals surface area (Å²) in [5.41, 5.74) is 5.26. The summed E-state index contributed by atoms with van der Waals surface area (Å²) in [6, 6.07) is 1.88. The fraction of sp³-hybridized carbons (Fsp3) is 0.733. The fourth-order valence-corrected chi connectivity index (χ4v) is 2.86. The molecule has 1 aromatic rings. The highest BCUT2D eigenvalue weighted by Crippen LogP contribution is 2.14. The summed E-state index contributed by atoms with van der Waals surface area (Å²) in [5.74, 6) is 0.295. The van der Waals surface area contributed by atoms with Crippen LogP contribution in [-0.4, -0.2) is 34.1 Å². The maximum absolute atomic E-state index is 11.7. The van der Waals surface area contributed by atoms with E-state index in [1.165, 1.54) is 45.3 Å². The van der Waals surface area contributed by atoms with Gasteiger partial charge in [0.05, 0.1) is 0 Å². The van der Waals surface area contributed by atoms with Gasteiger partial charge >= 0.3 is 5.69 Å². The molecule has 2 N–H and O–H groups in total. The highest BCUT2D eigenvalue weighted by molar-refractivity contribution is 5.23. The molecule has 1 unspecified atom stereocenters. The van der Waals surface area contributed by atoms with Crippen LogP contribution in [0.2, 0.25) is 0 Å². The number of anilines is 1. The lowest BCUT2D eigenvalue weighted by Crippen LogP contribution is -2.30. The summed E-state index contributed by atoms with van der Waals surface area (Å²) >= 11 is 0. The third kappa shape index (κ3) is 4.34.